The van der Waals surface area contributed by atoms with Gasteiger partial charge in [0.25, 0.3) is 0 Å². The van der Waals surface area contributed by atoms with Gasteiger partial charge < -0.3 is 10.6 Å². The summed E-state index contributed by atoms with van der Waals surface area (Å²) in [4.78, 5) is 11.2. The van der Waals surface area contributed by atoms with E-state index in [9.17, 15) is 0 Å². The Bertz CT molecular complexity index is 356. The molecule has 0 amide bonds. The topological polar surface area (TPSA) is 55.0 Å². The SMILES string of the molecule is Cc1cnc(N2CCC(CN)CC2)nc1C. The van der Waals surface area contributed by atoms with Crippen molar-refractivity contribution in [2.24, 2.45) is 11.7 Å². The Hall–Kier alpha value is -1.16. The molecule has 1 aliphatic heterocycles. The lowest BCUT2D eigenvalue weighted by molar-refractivity contribution is 0.411. The molecule has 4 heteroatoms. The minimum atomic E-state index is 0.683. The molecule has 2 rings (SSSR count). The van der Waals surface area contributed by atoms with E-state index in [-0.39, 0.29) is 0 Å². The van der Waals surface area contributed by atoms with Crippen LogP contribution in [0.3, 0.4) is 0 Å². The number of anilines is 1. The van der Waals surface area contributed by atoms with Crippen LogP contribution in [-0.2, 0) is 0 Å². The number of hydrogen-bond donors (Lipinski definition) is 1. The van der Waals surface area contributed by atoms with Gasteiger partial charge in [-0.3, -0.25) is 0 Å². The van der Waals surface area contributed by atoms with Gasteiger partial charge in [-0.05, 0) is 44.7 Å². The summed E-state index contributed by atoms with van der Waals surface area (Å²) >= 11 is 0. The van der Waals surface area contributed by atoms with Crippen molar-refractivity contribution in [2.75, 3.05) is 24.5 Å². The third-order valence-electron chi connectivity index (χ3n) is 3.44. The van der Waals surface area contributed by atoms with E-state index in [0.717, 1.165) is 49.7 Å². The maximum Gasteiger partial charge on any atom is 0.225 e. The van der Waals surface area contributed by atoms with E-state index in [2.05, 4.69) is 14.9 Å². The van der Waals surface area contributed by atoms with Crippen LogP contribution in [0.5, 0.6) is 0 Å². The Morgan fingerprint density at radius 2 is 2.06 bits per heavy atom. The fourth-order valence-electron chi connectivity index (χ4n) is 2.04. The Morgan fingerprint density at radius 3 is 2.62 bits per heavy atom. The minimum absolute atomic E-state index is 0.683. The highest BCUT2D eigenvalue weighted by atomic mass is 15.2. The summed E-state index contributed by atoms with van der Waals surface area (Å²) in [6.07, 6.45) is 4.23. The predicted octanol–water partition coefficient (Wildman–Crippen LogP) is 1.27. The van der Waals surface area contributed by atoms with Gasteiger partial charge in [0.1, 0.15) is 0 Å². The lowest BCUT2D eigenvalue weighted by Gasteiger charge is -2.31. The summed E-state index contributed by atoms with van der Waals surface area (Å²) in [5, 5.41) is 0. The van der Waals surface area contributed by atoms with E-state index >= 15 is 0 Å². The second-order valence-electron chi connectivity index (χ2n) is 4.60. The van der Waals surface area contributed by atoms with Gasteiger partial charge in [0.2, 0.25) is 5.95 Å². The fraction of sp³-hybridized carbons (Fsp3) is 0.667. The molecule has 88 valence electrons. The summed E-state index contributed by atoms with van der Waals surface area (Å²) < 4.78 is 0. The molecule has 0 bridgehead atoms. The second-order valence-corrected chi connectivity index (χ2v) is 4.60. The molecule has 0 aliphatic carbocycles. The zero-order valence-electron chi connectivity index (χ0n) is 10.1. The van der Waals surface area contributed by atoms with E-state index < -0.39 is 0 Å². The van der Waals surface area contributed by atoms with Crippen LogP contribution in [-0.4, -0.2) is 29.6 Å². The van der Waals surface area contributed by atoms with E-state index in [1.807, 2.05) is 20.0 Å². The van der Waals surface area contributed by atoms with E-state index in [1.165, 1.54) is 0 Å². The molecule has 0 saturated carbocycles. The monoisotopic (exact) mass is 220 g/mol. The van der Waals surface area contributed by atoms with Crippen LogP contribution in [0.25, 0.3) is 0 Å². The molecule has 0 aromatic carbocycles. The number of nitrogens with zero attached hydrogens (tertiary/aromatic N) is 3. The van der Waals surface area contributed by atoms with E-state index in [1.54, 1.807) is 0 Å². The van der Waals surface area contributed by atoms with Crippen molar-refractivity contribution in [1.82, 2.24) is 9.97 Å². The van der Waals surface area contributed by atoms with Crippen molar-refractivity contribution >= 4 is 5.95 Å². The van der Waals surface area contributed by atoms with Crippen molar-refractivity contribution in [3.8, 4) is 0 Å². The number of nitrogens with two attached hydrogens (primary N) is 1. The van der Waals surface area contributed by atoms with Gasteiger partial charge in [-0.2, -0.15) is 0 Å². The first-order chi connectivity index (χ1) is 7.70. The third kappa shape index (κ3) is 2.32. The van der Waals surface area contributed by atoms with Crippen LogP contribution in [0, 0.1) is 19.8 Å². The van der Waals surface area contributed by atoms with E-state index in [4.69, 9.17) is 5.73 Å². The molecule has 1 aliphatic rings. The molecule has 1 saturated heterocycles. The number of aromatic nitrogens is 2. The first-order valence-corrected chi connectivity index (χ1v) is 5.96. The molecular weight excluding hydrogens is 200 g/mol. The normalized spacial score (nSPS) is 17.8. The molecule has 2 heterocycles. The molecule has 4 nitrogen and oxygen atoms in total. The molecule has 0 unspecified atom stereocenters. The Balaban J connectivity index is 2.05. The highest BCUT2D eigenvalue weighted by molar-refractivity contribution is 5.32. The summed E-state index contributed by atoms with van der Waals surface area (Å²) in [6.45, 7) is 6.95. The summed E-state index contributed by atoms with van der Waals surface area (Å²) in [5.41, 5.74) is 7.91. The van der Waals surface area contributed by atoms with Gasteiger partial charge in [0.05, 0.1) is 0 Å². The maximum atomic E-state index is 5.68. The standard InChI is InChI=1S/C12H20N4/c1-9-8-14-12(15-10(9)2)16-5-3-11(7-13)4-6-16/h8,11H,3-7,13H2,1-2H3. The molecule has 2 N–H and O–H groups in total. The molecule has 16 heavy (non-hydrogen) atoms. The zero-order chi connectivity index (χ0) is 11.5. The first kappa shape index (κ1) is 11.3. The van der Waals surface area contributed by atoms with Crippen LogP contribution in [0.1, 0.15) is 24.1 Å². The Kier molecular flexibility index (Phi) is 3.39. The number of piperidine rings is 1. The van der Waals surface area contributed by atoms with Gasteiger partial charge in [-0.15, -0.1) is 0 Å². The molecule has 1 fully saturated rings. The van der Waals surface area contributed by atoms with Crippen molar-refractivity contribution < 1.29 is 0 Å². The highest BCUT2D eigenvalue weighted by Gasteiger charge is 2.19. The highest BCUT2D eigenvalue weighted by Crippen LogP contribution is 2.20. The molecule has 1 aromatic heterocycles. The fourth-order valence-corrected chi connectivity index (χ4v) is 2.04. The number of rotatable bonds is 2. The predicted molar refractivity (Wildman–Crippen MR) is 65.5 cm³/mol. The first-order valence-electron chi connectivity index (χ1n) is 5.96. The van der Waals surface area contributed by atoms with E-state index in [0.29, 0.717) is 5.92 Å². The van der Waals surface area contributed by atoms with Gasteiger partial charge in [-0.25, -0.2) is 9.97 Å². The Labute approximate surface area is 96.9 Å². The lowest BCUT2D eigenvalue weighted by Crippen LogP contribution is -2.37. The zero-order valence-corrected chi connectivity index (χ0v) is 10.1. The maximum absolute atomic E-state index is 5.68. The van der Waals surface area contributed by atoms with Gasteiger partial charge in [-0.1, -0.05) is 0 Å². The molecule has 1 aromatic rings. The Morgan fingerprint density at radius 1 is 1.38 bits per heavy atom. The quantitative estimate of drug-likeness (QED) is 0.815. The third-order valence-corrected chi connectivity index (χ3v) is 3.44. The average Bonchev–Trinajstić information content (AvgIpc) is 2.33. The summed E-state index contributed by atoms with van der Waals surface area (Å²) in [5.74, 6) is 1.56. The second kappa shape index (κ2) is 4.78. The van der Waals surface area contributed by atoms with Crippen molar-refractivity contribution in [3.63, 3.8) is 0 Å². The smallest absolute Gasteiger partial charge is 0.225 e. The van der Waals surface area contributed by atoms with Crippen molar-refractivity contribution in [3.05, 3.63) is 17.5 Å². The molecule has 0 spiro atoms. The van der Waals surface area contributed by atoms with Crippen molar-refractivity contribution in [2.45, 2.75) is 26.7 Å². The largest absolute Gasteiger partial charge is 0.341 e. The lowest BCUT2D eigenvalue weighted by atomic mass is 9.97. The van der Waals surface area contributed by atoms with Gasteiger partial charge in [0.15, 0.2) is 0 Å². The molecule has 0 radical (unpaired) electrons. The van der Waals surface area contributed by atoms with Crippen LogP contribution in [0.15, 0.2) is 6.20 Å². The summed E-state index contributed by atoms with van der Waals surface area (Å²) in [7, 11) is 0. The van der Waals surface area contributed by atoms with Crippen LogP contribution >= 0.6 is 0 Å². The van der Waals surface area contributed by atoms with Crippen molar-refractivity contribution in [1.29, 1.82) is 0 Å². The van der Waals surface area contributed by atoms with Gasteiger partial charge >= 0.3 is 0 Å². The average molecular weight is 220 g/mol. The number of aryl methyl sites for hydroxylation is 2. The summed E-state index contributed by atoms with van der Waals surface area (Å²) in [6, 6.07) is 0. The minimum Gasteiger partial charge on any atom is -0.341 e. The molecular formula is C12H20N4. The van der Waals surface area contributed by atoms with Gasteiger partial charge in [0, 0.05) is 25.0 Å². The molecule has 0 atom stereocenters. The van der Waals surface area contributed by atoms with Crippen LogP contribution in [0.4, 0.5) is 5.95 Å². The van der Waals surface area contributed by atoms with Crippen LogP contribution < -0.4 is 10.6 Å². The number of hydrogen-bond acceptors (Lipinski definition) is 4. The van der Waals surface area contributed by atoms with Crippen LogP contribution in [0.2, 0.25) is 0 Å².